The molecule has 1 aliphatic rings. The first-order valence-corrected chi connectivity index (χ1v) is 15.2. The Labute approximate surface area is 242 Å². The van der Waals surface area contributed by atoms with Crippen LogP contribution in [0.4, 0.5) is 14.5 Å². The van der Waals surface area contributed by atoms with E-state index in [0.29, 0.717) is 5.56 Å². The number of aromatic nitrogens is 2. The average molecular weight is 595 g/mol. The number of aryl methyl sites for hydroxylation is 1. The highest BCUT2D eigenvalue weighted by Crippen LogP contribution is 2.28. The largest absolute Gasteiger partial charge is 0.364 e. The molecule has 1 unspecified atom stereocenters. The summed E-state index contributed by atoms with van der Waals surface area (Å²) < 4.78 is 58.3. The van der Waals surface area contributed by atoms with Gasteiger partial charge in [0.1, 0.15) is 17.3 Å². The molecule has 1 saturated heterocycles. The first-order valence-electron chi connectivity index (χ1n) is 13.6. The second-order valence-electron chi connectivity index (χ2n) is 10.7. The zero-order valence-electron chi connectivity index (χ0n) is 23.3. The second-order valence-corrected chi connectivity index (χ2v) is 12.9. The van der Waals surface area contributed by atoms with Crippen molar-refractivity contribution in [3.63, 3.8) is 0 Å². The molecule has 0 amide bonds. The van der Waals surface area contributed by atoms with Gasteiger partial charge in [-0.1, -0.05) is 54.1 Å². The third-order valence-corrected chi connectivity index (χ3v) is 10.1. The van der Waals surface area contributed by atoms with E-state index in [9.17, 15) is 26.8 Å². The van der Waals surface area contributed by atoms with E-state index in [4.69, 9.17) is 5.73 Å². The number of nitrogens with two attached hydrogens (primary N) is 1. The summed E-state index contributed by atoms with van der Waals surface area (Å²) in [7, 11) is -3.70. The quantitative estimate of drug-likeness (QED) is 0.334. The summed E-state index contributed by atoms with van der Waals surface area (Å²) >= 11 is 0. The summed E-state index contributed by atoms with van der Waals surface area (Å²) in [5, 5.41) is -0.788. The van der Waals surface area contributed by atoms with Crippen molar-refractivity contribution < 1.29 is 17.2 Å². The minimum absolute atomic E-state index is 0.0172. The maximum absolute atomic E-state index is 14.7. The highest BCUT2D eigenvalue weighted by atomic mass is 32.2. The Morgan fingerprint density at radius 1 is 0.905 bits per heavy atom. The lowest BCUT2D eigenvalue weighted by molar-refractivity contribution is 0.491. The van der Waals surface area contributed by atoms with Crippen molar-refractivity contribution >= 4 is 15.5 Å². The van der Waals surface area contributed by atoms with Crippen LogP contribution in [0.2, 0.25) is 0 Å². The van der Waals surface area contributed by atoms with Crippen LogP contribution in [0.1, 0.15) is 34.8 Å². The SMILES string of the molecule is Cc1ccc(S(=O)(=O)C2CCN(c3c(C)n(Cc4c(F)cccc4F)c(=O)n(C[C@H](N)c4ccccc4)c3=O)C2)cc1. The summed E-state index contributed by atoms with van der Waals surface area (Å²) in [6, 6.07) is 18.3. The predicted molar refractivity (Wildman–Crippen MR) is 158 cm³/mol. The van der Waals surface area contributed by atoms with Crippen LogP contribution in [0, 0.1) is 25.5 Å². The van der Waals surface area contributed by atoms with Crippen LogP contribution in [0.3, 0.4) is 0 Å². The lowest BCUT2D eigenvalue weighted by atomic mass is 10.1. The molecule has 5 rings (SSSR count). The molecule has 0 bridgehead atoms. The molecule has 0 spiro atoms. The van der Waals surface area contributed by atoms with Crippen LogP contribution < -0.4 is 21.9 Å². The van der Waals surface area contributed by atoms with Crippen LogP contribution in [-0.4, -0.2) is 35.9 Å². The van der Waals surface area contributed by atoms with Gasteiger partial charge >= 0.3 is 5.69 Å². The minimum atomic E-state index is -3.70. The summed E-state index contributed by atoms with van der Waals surface area (Å²) in [6.45, 7) is 3.00. The first-order chi connectivity index (χ1) is 20.0. The molecule has 0 saturated carbocycles. The molecule has 4 aromatic rings. The number of rotatable bonds is 8. The number of hydrogen-bond donors (Lipinski definition) is 1. The van der Waals surface area contributed by atoms with Gasteiger partial charge in [0.15, 0.2) is 9.84 Å². The maximum atomic E-state index is 14.7. The number of nitrogens with zero attached hydrogens (tertiary/aromatic N) is 3. The van der Waals surface area contributed by atoms with Crippen molar-refractivity contribution in [1.29, 1.82) is 0 Å². The van der Waals surface area contributed by atoms with Gasteiger partial charge in [-0.3, -0.25) is 13.9 Å². The van der Waals surface area contributed by atoms with Gasteiger partial charge < -0.3 is 10.6 Å². The maximum Gasteiger partial charge on any atom is 0.331 e. The monoisotopic (exact) mass is 594 g/mol. The van der Waals surface area contributed by atoms with Crippen molar-refractivity contribution in [1.82, 2.24) is 9.13 Å². The van der Waals surface area contributed by atoms with Crippen molar-refractivity contribution in [2.75, 3.05) is 18.0 Å². The number of halogens is 2. The van der Waals surface area contributed by atoms with Gasteiger partial charge in [-0.2, -0.15) is 0 Å². The third-order valence-electron chi connectivity index (χ3n) is 7.89. The van der Waals surface area contributed by atoms with E-state index in [2.05, 4.69) is 0 Å². The fraction of sp³-hybridized carbons (Fsp3) is 0.290. The van der Waals surface area contributed by atoms with Crippen molar-refractivity contribution in [3.8, 4) is 0 Å². The Balaban J connectivity index is 1.59. The Kier molecular flexibility index (Phi) is 8.16. The van der Waals surface area contributed by atoms with Gasteiger partial charge in [0.2, 0.25) is 0 Å². The Morgan fingerprint density at radius 2 is 1.55 bits per heavy atom. The smallest absolute Gasteiger partial charge is 0.331 e. The molecule has 2 N–H and O–H groups in total. The fourth-order valence-corrected chi connectivity index (χ4v) is 7.14. The minimum Gasteiger partial charge on any atom is -0.364 e. The standard InChI is InChI=1S/C31H32F2N4O4S/c1-20-11-13-23(14-12-20)42(40,41)24-15-16-35(17-24)29-21(2)36(18-25-26(32)9-6-10-27(25)33)31(39)37(30(29)38)19-28(34)22-7-4-3-5-8-22/h3-14,24,28H,15-19,34H2,1-2H3/t24?,28-/m0/s1. The van der Waals surface area contributed by atoms with Crippen molar-refractivity contribution in [2.24, 2.45) is 5.73 Å². The van der Waals surface area contributed by atoms with Gasteiger partial charge in [-0.15, -0.1) is 0 Å². The van der Waals surface area contributed by atoms with Crippen LogP contribution in [-0.2, 0) is 22.9 Å². The first kappa shape index (κ1) is 29.4. The van der Waals surface area contributed by atoms with Gasteiger partial charge in [-0.25, -0.2) is 22.0 Å². The van der Waals surface area contributed by atoms with Crippen LogP contribution in [0.15, 0.2) is 87.3 Å². The van der Waals surface area contributed by atoms with E-state index in [1.54, 1.807) is 53.4 Å². The molecule has 8 nitrogen and oxygen atoms in total. The van der Waals surface area contributed by atoms with E-state index in [1.807, 2.05) is 13.0 Å². The number of sulfone groups is 1. The zero-order chi connectivity index (χ0) is 30.2. The lowest BCUT2D eigenvalue weighted by Crippen LogP contribution is -2.46. The molecule has 0 aliphatic carbocycles. The average Bonchev–Trinajstić information content (AvgIpc) is 3.46. The molecular weight excluding hydrogens is 562 g/mol. The molecule has 2 heterocycles. The van der Waals surface area contributed by atoms with Crippen LogP contribution in [0.25, 0.3) is 0 Å². The van der Waals surface area contributed by atoms with Crippen molar-refractivity contribution in [3.05, 3.63) is 128 Å². The molecule has 11 heteroatoms. The molecule has 1 aromatic heterocycles. The Hall–Kier alpha value is -4.09. The number of benzene rings is 3. The molecule has 1 fully saturated rings. The normalized spacial score (nSPS) is 16.1. The molecule has 2 atom stereocenters. The van der Waals surface area contributed by atoms with Crippen LogP contribution >= 0.6 is 0 Å². The van der Waals surface area contributed by atoms with Gasteiger partial charge in [0.05, 0.1) is 23.2 Å². The summed E-state index contributed by atoms with van der Waals surface area (Å²) in [5.41, 5.74) is 6.58. The topological polar surface area (TPSA) is 107 Å². The molecular formula is C31H32F2N4O4S. The molecule has 220 valence electrons. The van der Waals surface area contributed by atoms with Gasteiger partial charge in [-0.05, 0) is 50.1 Å². The van der Waals surface area contributed by atoms with E-state index in [-0.39, 0.29) is 47.9 Å². The summed E-state index contributed by atoms with van der Waals surface area (Å²) in [5.74, 6) is -1.65. The highest BCUT2D eigenvalue weighted by Gasteiger charge is 2.36. The van der Waals surface area contributed by atoms with E-state index in [1.165, 1.54) is 13.0 Å². The molecule has 3 aromatic carbocycles. The Morgan fingerprint density at radius 3 is 2.19 bits per heavy atom. The number of anilines is 1. The summed E-state index contributed by atoms with van der Waals surface area (Å²) in [4.78, 5) is 29.5. The molecule has 42 heavy (non-hydrogen) atoms. The van der Waals surface area contributed by atoms with Crippen molar-refractivity contribution in [2.45, 2.75) is 49.5 Å². The van der Waals surface area contributed by atoms with Crippen LogP contribution in [0.5, 0.6) is 0 Å². The number of hydrogen-bond acceptors (Lipinski definition) is 6. The molecule has 1 aliphatic heterocycles. The summed E-state index contributed by atoms with van der Waals surface area (Å²) in [6.07, 6.45) is 0.264. The fourth-order valence-electron chi connectivity index (χ4n) is 5.45. The highest BCUT2D eigenvalue weighted by molar-refractivity contribution is 7.92. The second kappa shape index (κ2) is 11.7. The zero-order valence-corrected chi connectivity index (χ0v) is 24.2. The van der Waals surface area contributed by atoms with Gasteiger partial charge in [0, 0.05) is 30.4 Å². The van der Waals surface area contributed by atoms with E-state index in [0.717, 1.165) is 26.8 Å². The lowest BCUT2D eigenvalue weighted by Gasteiger charge is -2.25. The third kappa shape index (κ3) is 5.54. The van der Waals surface area contributed by atoms with Gasteiger partial charge in [0.25, 0.3) is 5.56 Å². The van der Waals surface area contributed by atoms with E-state index < -0.39 is 50.6 Å². The Bertz CT molecular complexity index is 1820. The molecule has 0 radical (unpaired) electrons. The predicted octanol–water partition coefficient (Wildman–Crippen LogP) is 3.71. The van der Waals surface area contributed by atoms with E-state index >= 15 is 0 Å².